The van der Waals surface area contributed by atoms with Gasteiger partial charge in [-0.2, -0.15) is 11.3 Å². The lowest BCUT2D eigenvalue weighted by Crippen LogP contribution is -2.42. The van der Waals surface area contributed by atoms with E-state index >= 15 is 0 Å². The van der Waals surface area contributed by atoms with Crippen molar-refractivity contribution in [3.05, 3.63) is 40.8 Å². The molecule has 100 valence electrons. The first-order valence-corrected chi connectivity index (χ1v) is 7.62. The molecular weight excluding hydrogens is 256 g/mol. The second-order valence-corrected chi connectivity index (χ2v) is 5.60. The molecule has 2 aromatic heterocycles. The van der Waals surface area contributed by atoms with Crippen LogP contribution in [0, 0.1) is 0 Å². The van der Waals surface area contributed by atoms with Crippen molar-refractivity contribution in [2.75, 3.05) is 18.0 Å². The van der Waals surface area contributed by atoms with Gasteiger partial charge in [-0.1, -0.05) is 0 Å². The zero-order valence-corrected chi connectivity index (χ0v) is 11.6. The zero-order chi connectivity index (χ0) is 12.9. The molecule has 0 unspecified atom stereocenters. The van der Waals surface area contributed by atoms with Gasteiger partial charge in [-0.25, -0.2) is 9.97 Å². The number of thiophene rings is 1. The smallest absolute Gasteiger partial charge is 0.225 e. The van der Waals surface area contributed by atoms with E-state index in [9.17, 15) is 0 Å². The third-order valence-electron chi connectivity index (χ3n) is 3.50. The maximum atomic E-state index is 4.31. The number of hydrogen-bond donors (Lipinski definition) is 1. The van der Waals surface area contributed by atoms with E-state index in [1.807, 2.05) is 18.5 Å². The molecule has 1 N–H and O–H groups in total. The molecule has 0 spiro atoms. The molecule has 3 heterocycles. The highest BCUT2D eigenvalue weighted by Gasteiger charge is 2.20. The van der Waals surface area contributed by atoms with Crippen LogP contribution in [0.4, 0.5) is 5.95 Å². The molecule has 5 heteroatoms. The van der Waals surface area contributed by atoms with Crippen molar-refractivity contribution in [1.82, 2.24) is 15.3 Å². The highest BCUT2D eigenvalue weighted by molar-refractivity contribution is 7.07. The van der Waals surface area contributed by atoms with Crippen LogP contribution in [0.2, 0.25) is 0 Å². The number of nitrogens with one attached hydrogen (secondary N) is 1. The van der Waals surface area contributed by atoms with E-state index < -0.39 is 0 Å². The number of nitrogens with zero attached hydrogens (tertiary/aromatic N) is 3. The van der Waals surface area contributed by atoms with Crippen LogP contribution in [0.1, 0.15) is 18.4 Å². The van der Waals surface area contributed by atoms with Gasteiger partial charge in [-0.15, -0.1) is 0 Å². The summed E-state index contributed by atoms with van der Waals surface area (Å²) in [5.41, 5.74) is 1.39. The van der Waals surface area contributed by atoms with Crippen molar-refractivity contribution in [2.24, 2.45) is 0 Å². The van der Waals surface area contributed by atoms with Crippen molar-refractivity contribution in [1.29, 1.82) is 0 Å². The molecule has 0 radical (unpaired) electrons. The van der Waals surface area contributed by atoms with Crippen LogP contribution in [0.15, 0.2) is 35.3 Å². The van der Waals surface area contributed by atoms with Crippen molar-refractivity contribution in [3.63, 3.8) is 0 Å². The Kier molecular flexibility index (Phi) is 4.05. The molecule has 3 rings (SSSR count). The minimum Gasteiger partial charge on any atom is -0.341 e. The Bertz CT molecular complexity index is 477. The standard InChI is InChI=1S/C14H18N4S/c1-5-15-14(16-6-1)18-7-2-13(3-8-18)17-10-12-4-9-19-11-12/h1,4-6,9,11,13,17H,2-3,7-8,10H2. The average molecular weight is 274 g/mol. The summed E-state index contributed by atoms with van der Waals surface area (Å²) in [6.07, 6.45) is 5.93. The van der Waals surface area contributed by atoms with Crippen molar-refractivity contribution in [3.8, 4) is 0 Å². The predicted octanol–water partition coefficient (Wildman–Crippen LogP) is 2.30. The van der Waals surface area contributed by atoms with Gasteiger partial charge in [0.05, 0.1) is 0 Å². The number of anilines is 1. The van der Waals surface area contributed by atoms with Crippen molar-refractivity contribution in [2.45, 2.75) is 25.4 Å². The Hall–Kier alpha value is -1.46. The molecule has 19 heavy (non-hydrogen) atoms. The van der Waals surface area contributed by atoms with E-state index in [0.29, 0.717) is 6.04 Å². The van der Waals surface area contributed by atoms with Gasteiger partial charge in [0.1, 0.15) is 0 Å². The van der Waals surface area contributed by atoms with E-state index in [1.165, 1.54) is 5.56 Å². The largest absolute Gasteiger partial charge is 0.341 e. The van der Waals surface area contributed by atoms with Gasteiger partial charge >= 0.3 is 0 Å². The van der Waals surface area contributed by atoms with Gasteiger partial charge in [0, 0.05) is 38.1 Å². The van der Waals surface area contributed by atoms with Crippen LogP contribution < -0.4 is 10.2 Å². The van der Waals surface area contributed by atoms with Crippen LogP contribution in [-0.2, 0) is 6.54 Å². The summed E-state index contributed by atoms with van der Waals surface area (Å²) >= 11 is 1.76. The van der Waals surface area contributed by atoms with Gasteiger partial charge in [0.2, 0.25) is 5.95 Å². The lowest BCUT2D eigenvalue weighted by atomic mass is 10.1. The highest BCUT2D eigenvalue weighted by Crippen LogP contribution is 2.16. The summed E-state index contributed by atoms with van der Waals surface area (Å²) in [7, 11) is 0. The summed E-state index contributed by atoms with van der Waals surface area (Å²) in [5, 5.41) is 7.97. The molecule has 0 bridgehead atoms. The molecule has 0 amide bonds. The van der Waals surface area contributed by atoms with Crippen LogP contribution in [0.25, 0.3) is 0 Å². The Labute approximate surface area is 117 Å². The van der Waals surface area contributed by atoms with Crippen LogP contribution in [0.3, 0.4) is 0 Å². The lowest BCUT2D eigenvalue weighted by Gasteiger charge is -2.32. The minimum atomic E-state index is 0.611. The van der Waals surface area contributed by atoms with Gasteiger partial charge in [-0.05, 0) is 41.3 Å². The second-order valence-electron chi connectivity index (χ2n) is 4.82. The maximum Gasteiger partial charge on any atom is 0.225 e. The molecule has 4 nitrogen and oxygen atoms in total. The van der Waals surface area contributed by atoms with Gasteiger partial charge < -0.3 is 10.2 Å². The molecule has 0 saturated carbocycles. The van der Waals surface area contributed by atoms with Crippen LogP contribution in [-0.4, -0.2) is 29.1 Å². The van der Waals surface area contributed by atoms with E-state index in [-0.39, 0.29) is 0 Å². The highest BCUT2D eigenvalue weighted by atomic mass is 32.1. The number of rotatable bonds is 4. The number of hydrogen-bond acceptors (Lipinski definition) is 5. The fourth-order valence-electron chi connectivity index (χ4n) is 2.39. The molecular formula is C14H18N4S. The van der Waals surface area contributed by atoms with Crippen LogP contribution in [0.5, 0.6) is 0 Å². The Morgan fingerprint density at radius 1 is 1.26 bits per heavy atom. The SMILES string of the molecule is c1cnc(N2CCC(NCc3ccsc3)CC2)nc1. The first kappa shape index (κ1) is 12.6. The lowest BCUT2D eigenvalue weighted by molar-refractivity contribution is 0.411. The Morgan fingerprint density at radius 2 is 2.05 bits per heavy atom. The summed E-state index contributed by atoms with van der Waals surface area (Å²) in [6, 6.07) is 4.66. The quantitative estimate of drug-likeness (QED) is 0.929. The molecule has 1 fully saturated rings. The summed E-state index contributed by atoms with van der Waals surface area (Å²) < 4.78 is 0. The first-order chi connectivity index (χ1) is 9.42. The summed E-state index contributed by atoms with van der Waals surface area (Å²) in [4.78, 5) is 10.9. The molecule has 1 saturated heterocycles. The van der Waals surface area contributed by atoms with Gasteiger partial charge in [-0.3, -0.25) is 0 Å². The fraction of sp³-hybridized carbons (Fsp3) is 0.429. The van der Waals surface area contributed by atoms with Crippen molar-refractivity contribution >= 4 is 17.3 Å². The van der Waals surface area contributed by atoms with E-state index in [4.69, 9.17) is 0 Å². The number of aromatic nitrogens is 2. The topological polar surface area (TPSA) is 41.1 Å². The molecule has 1 aliphatic rings. The predicted molar refractivity (Wildman–Crippen MR) is 78.4 cm³/mol. The Balaban J connectivity index is 1.47. The normalized spacial score (nSPS) is 16.7. The molecule has 0 aliphatic carbocycles. The Morgan fingerprint density at radius 3 is 2.74 bits per heavy atom. The van der Waals surface area contributed by atoms with Crippen LogP contribution >= 0.6 is 11.3 Å². The zero-order valence-electron chi connectivity index (χ0n) is 10.8. The van der Waals surface area contributed by atoms with E-state index in [2.05, 4.69) is 37.0 Å². The van der Waals surface area contributed by atoms with Gasteiger partial charge in [0.15, 0.2) is 0 Å². The third kappa shape index (κ3) is 3.30. The molecule has 1 aliphatic heterocycles. The molecule has 0 aromatic carbocycles. The molecule has 0 atom stereocenters. The van der Waals surface area contributed by atoms with E-state index in [1.54, 1.807) is 11.3 Å². The van der Waals surface area contributed by atoms with E-state index in [0.717, 1.165) is 38.4 Å². The first-order valence-electron chi connectivity index (χ1n) is 6.68. The monoisotopic (exact) mass is 274 g/mol. The summed E-state index contributed by atoms with van der Waals surface area (Å²) in [6.45, 7) is 3.05. The second kappa shape index (κ2) is 6.12. The summed E-state index contributed by atoms with van der Waals surface area (Å²) in [5.74, 6) is 0.860. The third-order valence-corrected chi connectivity index (χ3v) is 4.24. The fourth-order valence-corrected chi connectivity index (χ4v) is 3.06. The number of piperidine rings is 1. The average Bonchev–Trinajstić information content (AvgIpc) is 3.00. The molecule has 2 aromatic rings. The van der Waals surface area contributed by atoms with Crippen molar-refractivity contribution < 1.29 is 0 Å². The maximum absolute atomic E-state index is 4.31. The van der Waals surface area contributed by atoms with Gasteiger partial charge in [0.25, 0.3) is 0 Å². The minimum absolute atomic E-state index is 0.611.